The summed E-state index contributed by atoms with van der Waals surface area (Å²) in [6.07, 6.45) is 0. The monoisotopic (exact) mass is 474 g/mol. The molecular weight excluding hydrogens is 451 g/mol. The quantitative estimate of drug-likeness (QED) is 0.339. The summed E-state index contributed by atoms with van der Waals surface area (Å²) in [5, 5.41) is 5.53. The summed E-state index contributed by atoms with van der Waals surface area (Å²) < 4.78 is 39.2. The number of nitrogens with one attached hydrogen (secondary N) is 2. The predicted molar refractivity (Wildman–Crippen MR) is 133 cm³/mol. The van der Waals surface area contributed by atoms with Gasteiger partial charge in [0.25, 0.3) is 0 Å². The van der Waals surface area contributed by atoms with E-state index < -0.39 is 9.84 Å². The van der Waals surface area contributed by atoms with E-state index >= 15 is 0 Å². The zero-order chi connectivity index (χ0) is 24.1. The fourth-order valence-corrected chi connectivity index (χ4v) is 4.89. The lowest BCUT2D eigenvalue weighted by molar-refractivity contribution is 0.262. The number of para-hydroxylation sites is 1. The highest BCUT2D eigenvalue weighted by Gasteiger charge is 2.16. The van der Waals surface area contributed by atoms with Crippen LogP contribution in [0, 0.1) is 12.7 Å². The molecule has 4 rings (SSSR count). The van der Waals surface area contributed by atoms with Crippen LogP contribution in [0.1, 0.15) is 11.1 Å². The summed E-state index contributed by atoms with van der Waals surface area (Å²) in [4.78, 5) is 12.5. The van der Waals surface area contributed by atoms with Crippen molar-refractivity contribution in [3.05, 3.63) is 114 Å². The Hall–Kier alpha value is -3.97. The second-order valence-electron chi connectivity index (χ2n) is 7.88. The van der Waals surface area contributed by atoms with Crippen LogP contribution in [0.2, 0.25) is 0 Å². The Morgan fingerprint density at radius 3 is 2.21 bits per heavy atom. The molecule has 4 aromatic carbocycles. The van der Waals surface area contributed by atoms with Gasteiger partial charge in [-0.1, -0.05) is 54.6 Å². The first-order valence-electron chi connectivity index (χ1n) is 10.6. The summed E-state index contributed by atoms with van der Waals surface area (Å²) in [5.74, 6) is -0.534. The van der Waals surface area contributed by atoms with Crippen molar-refractivity contribution in [2.24, 2.45) is 0 Å². The van der Waals surface area contributed by atoms with E-state index in [-0.39, 0.29) is 22.5 Å². The molecule has 0 atom stereocenters. The summed E-state index contributed by atoms with van der Waals surface area (Å²) in [6.45, 7) is 1.90. The molecule has 2 N–H and O–H groups in total. The Morgan fingerprint density at radius 1 is 0.794 bits per heavy atom. The maximum atomic E-state index is 13.2. The van der Waals surface area contributed by atoms with Gasteiger partial charge in [0, 0.05) is 11.4 Å². The second-order valence-corrected chi connectivity index (χ2v) is 9.87. The maximum Gasteiger partial charge on any atom is 0.323 e. The van der Waals surface area contributed by atoms with Gasteiger partial charge in [-0.3, -0.25) is 0 Å². The van der Waals surface area contributed by atoms with E-state index in [4.69, 9.17) is 0 Å². The van der Waals surface area contributed by atoms with Crippen LogP contribution in [0.5, 0.6) is 0 Å². The maximum absolute atomic E-state index is 13.2. The fraction of sp³-hybridized carbons (Fsp3) is 0.0741. The molecule has 0 spiro atoms. The largest absolute Gasteiger partial charge is 0.323 e. The summed E-state index contributed by atoms with van der Waals surface area (Å²) in [7, 11) is -3.61. The van der Waals surface area contributed by atoms with E-state index in [1.165, 1.54) is 12.1 Å². The molecule has 34 heavy (non-hydrogen) atoms. The molecule has 0 saturated heterocycles. The zero-order valence-corrected chi connectivity index (χ0v) is 19.3. The Bertz CT molecular complexity index is 1420. The van der Waals surface area contributed by atoms with Crippen molar-refractivity contribution in [3.63, 3.8) is 0 Å². The van der Waals surface area contributed by atoms with Gasteiger partial charge >= 0.3 is 6.03 Å². The third-order valence-corrected chi connectivity index (χ3v) is 7.02. The molecule has 0 saturated carbocycles. The van der Waals surface area contributed by atoms with Crippen LogP contribution in [-0.4, -0.2) is 14.4 Å². The van der Waals surface area contributed by atoms with Crippen LogP contribution in [-0.2, 0) is 15.6 Å². The average molecular weight is 475 g/mol. The summed E-state index contributed by atoms with van der Waals surface area (Å²) in [5.41, 5.74) is 4.23. The van der Waals surface area contributed by atoms with Gasteiger partial charge in [-0.2, -0.15) is 0 Å². The van der Waals surface area contributed by atoms with Gasteiger partial charge in [-0.05, 0) is 71.6 Å². The van der Waals surface area contributed by atoms with Crippen LogP contribution in [0.15, 0.2) is 102 Å². The number of amides is 2. The number of sulfone groups is 1. The SMILES string of the molecule is Cc1ccccc1NC(=O)Nc1ccc(CS(=O)(=O)c2cccc(-c3ccc(F)cc3)c2)cc1. The fourth-order valence-electron chi connectivity index (χ4n) is 3.50. The number of carbonyl (C=O) groups is 1. The second kappa shape index (κ2) is 9.89. The van der Waals surface area contributed by atoms with Crippen LogP contribution in [0.3, 0.4) is 0 Å². The number of hydrogen-bond donors (Lipinski definition) is 2. The van der Waals surface area contributed by atoms with E-state index in [1.54, 1.807) is 60.7 Å². The number of carbonyl (C=O) groups excluding carboxylic acids is 1. The lowest BCUT2D eigenvalue weighted by Crippen LogP contribution is -2.19. The summed E-state index contributed by atoms with van der Waals surface area (Å²) in [6, 6.07) is 26.2. The molecule has 0 radical (unpaired) electrons. The third kappa shape index (κ3) is 5.68. The molecule has 0 heterocycles. The first-order valence-corrected chi connectivity index (χ1v) is 12.3. The smallest absolute Gasteiger partial charge is 0.308 e. The van der Waals surface area contributed by atoms with Crippen molar-refractivity contribution in [1.82, 2.24) is 0 Å². The lowest BCUT2D eigenvalue weighted by atomic mass is 10.1. The van der Waals surface area contributed by atoms with Gasteiger partial charge < -0.3 is 10.6 Å². The summed E-state index contributed by atoms with van der Waals surface area (Å²) >= 11 is 0. The normalized spacial score (nSPS) is 11.1. The molecular formula is C27H23FN2O3S. The Balaban J connectivity index is 1.43. The van der Waals surface area contributed by atoms with Crippen LogP contribution >= 0.6 is 0 Å². The molecule has 0 aromatic heterocycles. The third-order valence-electron chi connectivity index (χ3n) is 5.33. The molecule has 4 aromatic rings. The Kier molecular flexibility index (Phi) is 6.75. The molecule has 172 valence electrons. The van der Waals surface area contributed by atoms with Crippen molar-refractivity contribution >= 4 is 27.2 Å². The molecule has 0 fully saturated rings. The minimum atomic E-state index is -3.61. The number of benzene rings is 4. The molecule has 2 amide bonds. The van der Waals surface area contributed by atoms with Crippen molar-refractivity contribution < 1.29 is 17.6 Å². The average Bonchev–Trinajstić information content (AvgIpc) is 2.82. The van der Waals surface area contributed by atoms with Crippen LogP contribution in [0.4, 0.5) is 20.6 Å². The van der Waals surface area contributed by atoms with Crippen molar-refractivity contribution in [2.45, 2.75) is 17.6 Å². The van der Waals surface area contributed by atoms with Gasteiger partial charge in [-0.25, -0.2) is 17.6 Å². The standard InChI is InChI=1S/C27H23FN2O3S/c1-19-5-2-3-8-26(19)30-27(31)29-24-15-9-20(10-16-24)18-34(32,33)25-7-4-6-22(17-25)21-11-13-23(28)14-12-21/h2-17H,18H2,1H3,(H2,29,30,31). The van der Waals surface area contributed by atoms with E-state index in [0.717, 1.165) is 11.1 Å². The van der Waals surface area contributed by atoms with Gasteiger partial charge in [0.2, 0.25) is 0 Å². The molecule has 0 aliphatic heterocycles. The number of hydrogen-bond acceptors (Lipinski definition) is 3. The van der Waals surface area contributed by atoms with Crippen molar-refractivity contribution in [2.75, 3.05) is 10.6 Å². The first kappa shape index (κ1) is 23.2. The highest BCUT2D eigenvalue weighted by Crippen LogP contribution is 2.25. The predicted octanol–water partition coefficient (Wildman–Crippen LogP) is 6.42. The highest BCUT2D eigenvalue weighted by atomic mass is 32.2. The highest BCUT2D eigenvalue weighted by molar-refractivity contribution is 7.90. The minimum Gasteiger partial charge on any atom is -0.308 e. The number of rotatable bonds is 6. The molecule has 0 aliphatic rings. The number of urea groups is 1. The Labute approximate surface area is 198 Å². The Morgan fingerprint density at radius 2 is 1.50 bits per heavy atom. The van der Waals surface area contributed by atoms with Gasteiger partial charge in [0.05, 0.1) is 10.6 Å². The number of aryl methyl sites for hydroxylation is 1. The number of anilines is 2. The van der Waals surface area contributed by atoms with Gasteiger partial charge in [0.1, 0.15) is 5.82 Å². The van der Waals surface area contributed by atoms with Crippen LogP contribution in [0.25, 0.3) is 11.1 Å². The van der Waals surface area contributed by atoms with Gasteiger partial charge in [-0.15, -0.1) is 0 Å². The minimum absolute atomic E-state index is 0.185. The van der Waals surface area contributed by atoms with Gasteiger partial charge in [0.15, 0.2) is 9.84 Å². The van der Waals surface area contributed by atoms with Crippen molar-refractivity contribution in [3.8, 4) is 11.1 Å². The molecule has 0 unspecified atom stereocenters. The lowest BCUT2D eigenvalue weighted by Gasteiger charge is -2.11. The van der Waals surface area contributed by atoms with Crippen molar-refractivity contribution in [1.29, 1.82) is 0 Å². The van der Waals surface area contributed by atoms with E-state index in [9.17, 15) is 17.6 Å². The zero-order valence-electron chi connectivity index (χ0n) is 18.5. The molecule has 7 heteroatoms. The molecule has 0 aliphatic carbocycles. The molecule has 5 nitrogen and oxygen atoms in total. The topological polar surface area (TPSA) is 75.3 Å². The number of halogens is 1. The van der Waals surface area contributed by atoms with E-state index in [1.807, 2.05) is 31.2 Å². The molecule has 0 bridgehead atoms. The first-order chi connectivity index (χ1) is 16.3. The van der Waals surface area contributed by atoms with E-state index in [0.29, 0.717) is 22.5 Å². The van der Waals surface area contributed by atoms with E-state index in [2.05, 4.69) is 10.6 Å². The van der Waals surface area contributed by atoms with Crippen LogP contribution < -0.4 is 10.6 Å².